The molecule has 2 heteroatoms. The molecule has 1 aromatic rings. The van der Waals surface area contributed by atoms with E-state index >= 15 is 0 Å². The molecule has 1 N–H and O–H groups in total. The van der Waals surface area contributed by atoms with Gasteiger partial charge in [0, 0.05) is 5.69 Å². The fourth-order valence-corrected chi connectivity index (χ4v) is 1.29. The maximum Gasteiger partial charge on any atom is 0.146 e. The van der Waals surface area contributed by atoms with Gasteiger partial charge >= 0.3 is 0 Å². The Hall–Kier alpha value is -1.57. The predicted molar refractivity (Wildman–Crippen MR) is 49.0 cm³/mol. The van der Waals surface area contributed by atoms with Gasteiger partial charge < -0.3 is 10.1 Å². The number of carbonyl (C=O) groups is 1. The van der Waals surface area contributed by atoms with Crippen LogP contribution >= 0.6 is 0 Å². The number of hydrogen-bond donors (Lipinski definition) is 1. The molecule has 0 saturated heterocycles. The number of fused-ring (bicyclic) bond motifs is 1. The van der Waals surface area contributed by atoms with Crippen molar-refractivity contribution in [1.82, 2.24) is 0 Å². The third-order valence-corrected chi connectivity index (χ3v) is 1.91. The standard InChI is InChI=1S/C10H9NO/c12-7-9-6-5-8-3-1-2-4-10(8)11-9/h1-7,9,11H. The fraction of sp³-hybridized carbons (Fsp3) is 0.100. The van der Waals surface area contributed by atoms with Crippen molar-refractivity contribution < 1.29 is 4.79 Å². The molecule has 2 rings (SSSR count). The predicted octanol–water partition coefficient (Wildman–Crippen LogP) is 1.69. The second-order valence-corrected chi connectivity index (χ2v) is 2.75. The van der Waals surface area contributed by atoms with Crippen LogP contribution in [0, 0.1) is 0 Å². The van der Waals surface area contributed by atoms with E-state index in [0.29, 0.717) is 0 Å². The molecule has 1 aliphatic heterocycles. The highest BCUT2D eigenvalue weighted by atomic mass is 16.1. The molecule has 1 aromatic carbocycles. The van der Waals surface area contributed by atoms with Gasteiger partial charge in [0.2, 0.25) is 0 Å². The summed E-state index contributed by atoms with van der Waals surface area (Å²) in [5, 5.41) is 3.09. The summed E-state index contributed by atoms with van der Waals surface area (Å²) < 4.78 is 0. The Morgan fingerprint density at radius 3 is 3.00 bits per heavy atom. The first-order valence-corrected chi connectivity index (χ1v) is 3.89. The van der Waals surface area contributed by atoms with Crippen LogP contribution in [0.5, 0.6) is 0 Å². The van der Waals surface area contributed by atoms with Crippen LogP contribution in [0.25, 0.3) is 6.08 Å². The molecule has 0 aliphatic carbocycles. The number of hydrogen-bond acceptors (Lipinski definition) is 2. The summed E-state index contributed by atoms with van der Waals surface area (Å²) in [6.07, 6.45) is 4.71. The van der Waals surface area contributed by atoms with Crippen molar-refractivity contribution in [2.45, 2.75) is 6.04 Å². The van der Waals surface area contributed by atoms with Gasteiger partial charge in [-0.15, -0.1) is 0 Å². The van der Waals surface area contributed by atoms with Crippen LogP contribution in [0.4, 0.5) is 5.69 Å². The number of nitrogens with one attached hydrogen (secondary N) is 1. The van der Waals surface area contributed by atoms with E-state index in [4.69, 9.17) is 0 Å². The Bertz CT molecular complexity index is 330. The van der Waals surface area contributed by atoms with Crippen LogP contribution in [0.1, 0.15) is 5.56 Å². The Morgan fingerprint density at radius 1 is 1.33 bits per heavy atom. The van der Waals surface area contributed by atoms with Crippen molar-refractivity contribution in [2.24, 2.45) is 0 Å². The van der Waals surface area contributed by atoms with Crippen molar-refractivity contribution in [1.29, 1.82) is 0 Å². The van der Waals surface area contributed by atoms with Crippen molar-refractivity contribution in [3.63, 3.8) is 0 Å². The third-order valence-electron chi connectivity index (χ3n) is 1.91. The molecule has 2 nitrogen and oxygen atoms in total. The summed E-state index contributed by atoms with van der Waals surface area (Å²) >= 11 is 0. The maximum atomic E-state index is 10.5. The van der Waals surface area contributed by atoms with Gasteiger partial charge in [0.15, 0.2) is 0 Å². The first kappa shape index (κ1) is 7.10. The second-order valence-electron chi connectivity index (χ2n) is 2.75. The van der Waals surface area contributed by atoms with Gasteiger partial charge in [-0.05, 0) is 11.6 Å². The van der Waals surface area contributed by atoms with Crippen molar-refractivity contribution in [3.05, 3.63) is 35.9 Å². The third kappa shape index (κ3) is 1.11. The lowest BCUT2D eigenvalue weighted by atomic mass is 10.1. The Balaban J connectivity index is 2.39. The van der Waals surface area contributed by atoms with E-state index in [2.05, 4.69) is 5.32 Å². The summed E-state index contributed by atoms with van der Waals surface area (Å²) in [7, 11) is 0. The van der Waals surface area contributed by atoms with Crippen LogP contribution in [0.15, 0.2) is 30.3 Å². The highest BCUT2D eigenvalue weighted by Gasteiger charge is 2.09. The number of benzene rings is 1. The average molecular weight is 159 g/mol. The van der Waals surface area contributed by atoms with E-state index < -0.39 is 0 Å². The summed E-state index contributed by atoms with van der Waals surface area (Å²) in [5.74, 6) is 0. The number of rotatable bonds is 1. The van der Waals surface area contributed by atoms with E-state index in [1.165, 1.54) is 0 Å². The van der Waals surface area contributed by atoms with Crippen LogP contribution in [-0.2, 0) is 4.79 Å². The molecule has 60 valence electrons. The lowest BCUT2D eigenvalue weighted by Gasteiger charge is -2.17. The van der Waals surface area contributed by atoms with Crippen LogP contribution < -0.4 is 5.32 Å². The number of carbonyl (C=O) groups excluding carboxylic acids is 1. The molecule has 0 aromatic heterocycles. The molecule has 0 bridgehead atoms. The van der Waals surface area contributed by atoms with Gasteiger partial charge in [-0.2, -0.15) is 0 Å². The van der Waals surface area contributed by atoms with E-state index in [0.717, 1.165) is 17.5 Å². The van der Waals surface area contributed by atoms with Crippen LogP contribution in [0.2, 0.25) is 0 Å². The minimum atomic E-state index is -0.167. The van der Waals surface area contributed by atoms with Crippen molar-refractivity contribution in [3.8, 4) is 0 Å². The molecule has 1 unspecified atom stereocenters. The molecular formula is C10H9NO. The maximum absolute atomic E-state index is 10.5. The van der Waals surface area contributed by atoms with Gasteiger partial charge in [-0.3, -0.25) is 0 Å². The van der Waals surface area contributed by atoms with Gasteiger partial charge in [0.05, 0.1) is 0 Å². The zero-order valence-electron chi connectivity index (χ0n) is 6.53. The second kappa shape index (κ2) is 2.81. The normalized spacial score (nSPS) is 19.5. The van der Waals surface area contributed by atoms with Gasteiger partial charge in [0.1, 0.15) is 12.3 Å². The zero-order valence-corrected chi connectivity index (χ0v) is 6.53. The van der Waals surface area contributed by atoms with E-state index in [1.54, 1.807) is 0 Å². The van der Waals surface area contributed by atoms with Gasteiger partial charge in [-0.25, -0.2) is 0 Å². The molecule has 0 saturated carbocycles. The monoisotopic (exact) mass is 159 g/mol. The van der Waals surface area contributed by atoms with E-state index in [9.17, 15) is 4.79 Å². The molecule has 0 amide bonds. The average Bonchev–Trinajstić information content (AvgIpc) is 2.17. The van der Waals surface area contributed by atoms with Crippen LogP contribution in [-0.4, -0.2) is 12.3 Å². The molecule has 0 radical (unpaired) electrons. The van der Waals surface area contributed by atoms with Crippen LogP contribution in [0.3, 0.4) is 0 Å². The Morgan fingerprint density at radius 2 is 2.17 bits per heavy atom. The number of anilines is 1. The smallest absolute Gasteiger partial charge is 0.146 e. The summed E-state index contributed by atoms with van der Waals surface area (Å²) in [4.78, 5) is 10.5. The molecule has 0 spiro atoms. The van der Waals surface area contributed by atoms with Gasteiger partial charge in [-0.1, -0.05) is 30.4 Å². The topological polar surface area (TPSA) is 29.1 Å². The lowest BCUT2D eigenvalue weighted by Crippen LogP contribution is -2.20. The lowest BCUT2D eigenvalue weighted by molar-refractivity contribution is -0.107. The summed E-state index contributed by atoms with van der Waals surface area (Å²) in [6, 6.07) is 7.74. The first-order chi connectivity index (χ1) is 5.90. The Labute approximate surface area is 70.9 Å². The zero-order chi connectivity index (χ0) is 8.39. The highest BCUT2D eigenvalue weighted by Crippen LogP contribution is 2.21. The minimum absolute atomic E-state index is 0.167. The molecular weight excluding hydrogens is 150 g/mol. The largest absolute Gasteiger partial charge is 0.372 e. The molecule has 1 heterocycles. The Kier molecular flexibility index (Phi) is 1.67. The molecule has 1 aliphatic rings. The highest BCUT2D eigenvalue weighted by molar-refractivity contribution is 5.79. The molecule has 1 atom stereocenters. The SMILES string of the molecule is O=CC1C=Cc2ccccc2N1. The summed E-state index contributed by atoms with van der Waals surface area (Å²) in [5.41, 5.74) is 2.16. The quantitative estimate of drug-likeness (QED) is 0.632. The van der Waals surface area contributed by atoms with Gasteiger partial charge in [0.25, 0.3) is 0 Å². The number of para-hydroxylation sites is 1. The fourth-order valence-electron chi connectivity index (χ4n) is 1.29. The molecule has 12 heavy (non-hydrogen) atoms. The molecule has 0 fully saturated rings. The van der Waals surface area contributed by atoms with E-state index in [-0.39, 0.29) is 6.04 Å². The van der Waals surface area contributed by atoms with Crippen molar-refractivity contribution >= 4 is 18.0 Å². The van der Waals surface area contributed by atoms with Crippen molar-refractivity contribution in [2.75, 3.05) is 5.32 Å². The first-order valence-electron chi connectivity index (χ1n) is 3.89. The van der Waals surface area contributed by atoms with E-state index in [1.807, 2.05) is 36.4 Å². The minimum Gasteiger partial charge on any atom is -0.372 e. The summed E-state index contributed by atoms with van der Waals surface area (Å²) in [6.45, 7) is 0. The number of aldehydes is 1.